The van der Waals surface area contributed by atoms with Gasteiger partial charge in [-0.1, -0.05) is 54.1 Å². The molecule has 5 heteroatoms. The maximum atomic E-state index is 13.3. The monoisotopic (exact) mass is 418 g/mol. The van der Waals surface area contributed by atoms with E-state index in [0.29, 0.717) is 12.2 Å². The van der Waals surface area contributed by atoms with E-state index in [1.165, 1.54) is 5.56 Å². The molecule has 3 aromatic rings. The lowest BCUT2D eigenvalue weighted by molar-refractivity contribution is 0.0579. The van der Waals surface area contributed by atoms with Crippen molar-refractivity contribution in [2.75, 3.05) is 0 Å². The van der Waals surface area contributed by atoms with Crippen LogP contribution in [-0.4, -0.2) is 27.0 Å². The Kier molecular flexibility index (Phi) is 6.14. The van der Waals surface area contributed by atoms with Crippen molar-refractivity contribution >= 4 is 17.5 Å². The molecule has 4 rings (SSSR count). The van der Waals surface area contributed by atoms with Gasteiger partial charge in [0.05, 0.1) is 0 Å². The Hall–Kier alpha value is -2.72. The van der Waals surface area contributed by atoms with E-state index in [-0.39, 0.29) is 17.4 Å². The van der Waals surface area contributed by atoms with Gasteiger partial charge in [-0.05, 0) is 73.4 Å². The van der Waals surface area contributed by atoms with Gasteiger partial charge in [-0.3, -0.25) is 4.79 Å². The Morgan fingerprint density at radius 1 is 1.07 bits per heavy atom. The summed E-state index contributed by atoms with van der Waals surface area (Å²) in [5.74, 6) is -0.0729. The van der Waals surface area contributed by atoms with Crippen molar-refractivity contribution in [3.05, 3.63) is 102 Å². The van der Waals surface area contributed by atoms with Crippen LogP contribution in [0.15, 0.2) is 72.9 Å². The third kappa shape index (κ3) is 4.54. The van der Waals surface area contributed by atoms with E-state index in [0.717, 1.165) is 36.3 Å². The zero-order chi connectivity index (χ0) is 21.0. The van der Waals surface area contributed by atoms with Crippen molar-refractivity contribution in [3.63, 3.8) is 0 Å². The Morgan fingerprint density at radius 3 is 2.50 bits per heavy atom. The lowest BCUT2D eigenvalue weighted by Crippen LogP contribution is -2.44. The molecule has 1 fully saturated rings. The highest BCUT2D eigenvalue weighted by Crippen LogP contribution is 2.41. The zero-order valence-corrected chi connectivity index (χ0v) is 17.6. The van der Waals surface area contributed by atoms with Crippen molar-refractivity contribution in [2.24, 2.45) is 0 Å². The maximum Gasteiger partial charge on any atom is 0.274 e. The molecule has 1 radical (unpaired) electrons. The van der Waals surface area contributed by atoms with Crippen LogP contribution in [0.1, 0.15) is 47.3 Å². The minimum absolute atomic E-state index is 0.0729. The molecule has 4 nitrogen and oxygen atoms in total. The first kappa shape index (κ1) is 20.5. The number of halogens is 1. The van der Waals surface area contributed by atoms with Gasteiger partial charge in [-0.25, -0.2) is 0 Å². The molecule has 2 aromatic carbocycles. The molecule has 0 bridgehead atoms. The number of aromatic nitrogens is 2. The molecule has 1 heterocycles. The van der Waals surface area contributed by atoms with Gasteiger partial charge in [0, 0.05) is 23.8 Å². The van der Waals surface area contributed by atoms with E-state index >= 15 is 0 Å². The van der Waals surface area contributed by atoms with Crippen molar-refractivity contribution < 1.29 is 4.79 Å². The fourth-order valence-electron chi connectivity index (χ4n) is 4.28. The summed E-state index contributed by atoms with van der Waals surface area (Å²) in [5, 5.41) is 8.68. The van der Waals surface area contributed by atoms with Gasteiger partial charge in [0.15, 0.2) is 5.69 Å². The standard InChI is InChI=1S/C25H25ClN3O/c1-25(20-9-5-10-21(26)17-20)14-12-22(13-15-25)29(18-19-7-3-2-4-8-19)24(30)23-11-6-16-27-28-23/h2-11,16-17,22H,1,12-15,18H2. The van der Waals surface area contributed by atoms with E-state index < -0.39 is 0 Å². The second kappa shape index (κ2) is 8.97. The number of carbonyl (C=O) groups excluding carboxylic acids is 1. The summed E-state index contributed by atoms with van der Waals surface area (Å²) in [7, 11) is 0. The Bertz CT molecular complexity index is 986. The van der Waals surface area contributed by atoms with E-state index in [1.54, 1.807) is 18.3 Å². The predicted molar refractivity (Wildman–Crippen MR) is 119 cm³/mol. The van der Waals surface area contributed by atoms with Gasteiger partial charge < -0.3 is 4.90 Å². The summed E-state index contributed by atoms with van der Waals surface area (Å²) in [6, 6.07) is 21.7. The second-order valence-electron chi connectivity index (χ2n) is 8.05. The minimum atomic E-state index is -0.171. The van der Waals surface area contributed by atoms with Crippen LogP contribution in [0.2, 0.25) is 5.02 Å². The highest BCUT2D eigenvalue weighted by atomic mass is 35.5. The Morgan fingerprint density at radius 2 is 1.83 bits per heavy atom. The van der Waals surface area contributed by atoms with Crippen molar-refractivity contribution in [2.45, 2.75) is 43.7 Å². The summed E-state index contributed by atoms with van der Waals surface area (Å²) < 4.78 is 0. The highest BCUT2D eigenvalue weighted by Gasteiger charge is 2.36. The first-order chi connectivity index (χ1) is 14.5. The second-order valence-corrected chi connectivity index (χ2v) is 8.49. The van der Waals surface area contributed by atoms with Crippen LogP contribution in [0.4, 0.5) is 0 Å². The molecule has 1 aliphatic rings. The third-order valence-corrected chi connectivity index (χ3v) is 6.27. The lowest BCUT2D eigenvalue weighted by atomic mass is 9.69. The molecule has 1 saturated carbocycles. The number of benzene rings is 2. The number of carbonyl (C=O) groups is 1. The molecule has 1 aromatic heterocycles. The molecule has 0 N–H and O–H groups in total. The van der Waals surface area contributed by atoms with E-state index in [9.17, 15) is 4.79 Å². The number of hydrogen-bond acceptors (Lipinski definition) is 3. The number of nitrogens with zero attached hydrogens (tertiary/aromatic N) is 3. The molecule has 0 spiro atoms. The average Bonchev–Trinajstić information content (AvgIpc) is 2.79. The van der Waals surface area contributed by atoms with Crippen LogP contribution >= 0.6 is 11.6 Å². The molecule has 153 valence electrons. The molecule has 1 aliphatic carbocycles. The fraction of sp³-hybridized carbons (Fsp3) is 0.280. The summed E-state index contributed by atoms with van der Waals surface area (Å²) >= 11 is 6.21. The largest absolute Gasteiger partial charge is 0.330 e. The van der Waals surface area contributed by atoms with Crippen LogP contribution in [0.25, 0.3) is 0 Å². The van der Waals surface area contributed by atoms with Crippen LogP contribution < -0.4 is 0 Å². The highest BCUT2D eigenvalue weighted by molar-refractivity contribution is 6.30. The molecule has 0 atom stereocenters. The number of rotatable bonds is 5. The lowest BCUT2D eigenvalue weighted by Gasteiger charge is -2.42. The predicted octanol–water partition coefficient (Wildman–Crippen LogP) is 5.49. The van der Waals surface area contributed by atoms with Crippen molar-refractivity contribution in [1.29, 1.82) is 0 Å². The topological polar surface area (TPSA) is 46.1 Å². The molecule has 30 heavy (non-hydrogen) atoms. The van der Waals surface area contributed by atoms with Gasteiger partial charge >= 0.3 is 0 Å². The Balaban J connectivity index is 1.55. The zero-order valence-electron chi connectivity index (χ0n) is 16.9. The van der Waals surface area contributed by atoms with E-state index in [2.05, 4.69) is 35.3 Å². The molecular weight excluding hydrogens is 394 g/mol. The molecule has 1 amide bonds. The van der Waals surface area contributed by atoms with Crippen molar-refractivity contribution in [3.8, 4) is 0 Å². The van der Waals surface area contributed by atoms with Gasteiger partial charge in [-0.15, -0.1) is 5.10 Å². The Labute approximate surface area is 182 Å². The average molecular weight is 419 g/mol. The van der Waals surface area contributed by atoms with Gasteiger partial charge in [-0.2, -0.15) is 5.10 Å². The molecule has 0 saturated heterocycles. The maximum absolute atomic E-state index is 13.3. The SMILES string of the molecule is [CH2]C1(c2cccc(Cl)c2)CCC(N(Cc2ccccc2)C(=O)c2cccnn2)CC1. The van der Waals surface area contributed by atoms with Gasteiger partial charge in [0.25, 0.3) is 5.91 Å². The first-order valence-corrected chi connectivity index (χ1v) is 10.7. The van der Waals surface area contributed by atoms with Crippen LogP contribution in [0, 0.1) is 6.92 Å². The normalized spacial score (nSPS) is 21.2. The van der Waals surface area contributed by atoms with Crippen molar-refractivity contribution in [1.82, 2.24) is 15.1 Å². The molecular formula is C25H25ClN3O. The van der Waals surface area contributed by atoms with Crippen LogP contribution in [-0.2, 0) is 12.0 Å². The molecule has 0 aliphatic heterocycles. The molecule has 0 unspecified atom stereocenters. The summed E-state index contributed by atoms with van der Waals surface area (Å²) in [6.45, 7) is 5.09. The number of hydrogen-bond donors (Lipinski definition) is 0. The van der Waals surface area contributed by atoms with Crippen LogP contribution in [0.3, 0.4) is 0 Å². The quantitative estimate of drug-likeness (QED) is 0.550. The number of amides is 1. The summed E-state index contributed by atoms with van der Waals surface area (Å²) in [6.07, 6.45) is 5.15. The van der Waals surface area contributed by atoms with Crippen LogP contribution in [0.5, 0.6) is 0 Å². The third-order valence-electron chi connectivity index (χ3n) is 6.04. The van der Waals surface area contributed by atoms with E-state index in [1.807, 2.05) is 41.3 Å². The smallest absolute Gasteiger partial charge is 0.274 e. The summed E-state index contributed by atoms with van der Waals surface area (Å²) in [5.41, 5.74) is 2.49. The first-order valence-electron chi connectivity index (χ1n) is 10.3. The minimum Gasteiger partial charge on any atom is -0.330 e. The van der Waals surface area contributed by atoms with E-state index in [4.69, 9.17) is 11.6 Å². The van der Waals surface area contributed by atoms with Gasteiger partial charge in [0.2, 0.25) is 0 Å². The van der Waals surface area contributed by atoms with Gasteiger partial charge in [0.1, 0.15) is 0 Å². The fourth-order valence-corrected chi connectivity index (χ4v) is 4.47. The summed E-state index contributed by atoms with van der Waals surface area (Å²) in [4.78, 5) is 15.3.